The number of aromatic nitrogens is 2. The number of benzene rings is 2. The van der Waals surface area contributed by atoms with E-state index in [1.54, 1.807) is 24.4 Å². The largest absolute Gasteiger partial charge is 0.493 e. The van der Waals surface area contributed by atoms with Crippen molar-refractivity contribution in [2.75, 3.05) is 7.11 Å². The summed E-state index contributed by atoms with van der Waals surface area (Å²) in [4.78, 5) is 24.0. The Balaban J connectivity index is 1.67. The second-order valence-electron chi connectivity index (χ2n) is 7.12. The Labute approximate surface area is 184 Å². The van der Waals surface area contributed by atoms with Gasteiger partial charge in [0, 0.05) is 31.8 Å². The molecule has 0 bridgehead atoms. The van der Waals surface area contributed by atoms with E-state index in [4.69, 9.17) is 14.2 Å². The van der Waals surface area contributed by atoms with Gasteiger partial charge in [0.05, 0.1) is 19.2 Å². The lowest BCUT2D eigenvalue weighted by Gasteiger charge is -2.22. The van der Waals surface area contributed by atoms with Crippen LogP contribution in [0.2, 0.25) is 0 Å². The fourth-order valence-corrected chi connectivity index (χ4v) is 3.41. The Morgan fingerprint density at radius 2 is 1.94 bits per heavy atom. The highest BCUT2D eigenvalue weighted by Crippen LogP contribution is 2.40. The molecule has 1 aliphatic heterocycles. The smallest absolute Gasteiger partial charge is 0.308 e. The standard InChI is InChI=1S/C23H22N4O5/c1-15(28)27-23(19-9-5-10-20(30-3)21(19)31-16(2)29)32-22(25-27)18-8-4-7-17(13-18)14-26-12-6-11-24-26/h4-13,23H,14H2,1-3H3/t23-/m0/s1. The third kappa shape index (κ3) is 4.31. The van der Waals surface area contributed by atoms with Gasteiger partial charge in [-0.1, -0.05) is 18.2 Å². The number of nitrogens with zero attached hydrogens (tertiary/aromatic N) is 4. The number of hydrogen-bond acceptors (Lipinski definition) is 7. The Morgan fingerprint density at radius 1 is 1.12 bits per heavy atom. The van der Waals surface area contributed by atoms with Gasteiger partial charge in [-0.3, -0.25) is 14.3 Å². The molecule has 9 nitrogen and oxygen atoms in total. The van der Waals surface area contributed by atoms with Gasteiger partial charge in [-0.15, -0.1) is 5.10 Å². The van der Waals surface area contributed by atoms with E-state index in [1.807, 2.05) is 41.2 Å². The number of para-hydroxylation sites is 1. The van der Waals surface area contributed by atoms with Crippen molar-refractivity contribution in [2.24, 2.45) is 5.10 Å². The minimum Gasteiger partial charge on any atom is -0.493 e. The summed E-state index contributed by atoms with van der Waals surface area (Å²) in [6.45, 7) is 3.27. The van der Waals surface area contributed by atoms with E-state index in [9.17, 15) is 9.59 Å². The molecular formula is C23H22N4O5. The number of hydrogen-bond donors (Lipinski definition) is 0. The summed E-state index contributed by atoms with van der Waals surface area (Å²) in [6, 6.07) is 14.6. The quantitative estimate of drug-likeness (QED) is 0.437. The first-order valence-electron chi connectivity index (χ1n) is 9.93. The van der Waals surface area contributed by atoms with E-state index in [1.165, 1.54) is 26.0 Å². The predicted molar refractivity (Wildman–Crippen MR) is 115 cm³/mol. The maximum atomic E-state index is 12.4. The van der Waals surface area contributed by atoms with E-state index in [2.05, 4.69) is 10.2 Å². The minimum atomic E-state index is -0.915. The van der Waals surface area contributed by atoms with Crippen LogP contribution in [0, 0.1) is 0 Å². The van der Waals surface area contributed by atoms with Gasteiger partial charge in [0.15, 0.2) is 11.5 Å². The number of carbonyl (C=O) groups excluding carboxylic acids is 2. The molecule has 1 aliphatic rings. The van der Waals surface area contributed by atoms with Crippen LogP contribution in [0.1, 0.15) is 36.8 Å². The molecule has 0 saturated heterocycles. The summed E-state index contributed by atoms with van der Waals surface area (Å²) in [5.41, 5.74) is 2.15. The SMILES string of the molecule is COc1cccc([C@@H]2OC(c3cccc(Cn4cccn4)c3)=NN2C(C)=O)c1OC(C)=O. The van der Waals surface area contributed by atoms with E-state index < -0.39 is 12.2 Å². The third-order valence-electron chi connectivity index (χ3n) is 4.79. The summed E-state index contributed by atoms with van der Waals surface area (Å²) in [5.74, 6) is -0.0314. The molecule has 2 heterocycles. The van der Waals surface area contributed by atoms with Gasteiger partial charge in [0.25, 0.3) is 0 Å². The van der Waals surface area contributed by atoms with Crippen LogP contribution in [0.3, 0.4) is 0 Å². The van der Waals surface area contributed by atoms with Crippen LogP contribution in [0.4, 0.5) is 0 Å². The van der Waals surface area contributed by atoms with Crippen molar-refractivity contribution in [1.82, 2.24) is 14.8 Å². The summed E-state index contributed by atoms with van der Waals surface area (Å²) in [5, 5.41) is 9.85. The number of amides is 1. The number of esters is 1. The fraction of sp³-hybridized carbons (Fsp3) is 0.217. The first-order valence-corrected chi connectivity index (χ1v) is 9.93. The lowest BCUT2D eigenvalue weighted by Crippen LogP contribution is -2.26. The number of methoxy groups -OCH3 is 1. The molecule has 0 fully saturated rings. The van der Waals surface area contributed by atoms with Crippen molar-refractivity contribution in [3.8, 4) is 11.5 Å². The molecule has 1 amide bonds. The molecule has 32 heavy (non-hydrogen) atoms. The lowest BCUT2D eigenvalue weighted by molar-refractivity contribution is -0.135. The second kappa shape index (κ2) is 8.93. The molecule has 1 atom stereocenters. The van der Waals surface area contributed by atoms with Crippen molar-refractivity contribution in [3.63, 3.8) is 0 Å². The van der Waals surface area contributed by atoms with Crippen LogP contribution in [-0.4, -0.2) is 39.7 Å². The lowest BCUT2D eigenvalue weighted by atomic mass is 10.1. The zero-order chi connectivity index (χ0) is 22.7. The Hall–Kier alpha value is -4.14. The van der Waals surface area contributed by atoms with Crippen LogP contribution >= 0.6 is 0 Å². The molecule has 9 heteroatoms. The van der Waals surface area contributed by atoms with Crippen molar-refractivity contribution < 1.29 is 23.8 Å². The molecule has 164 valence electrons. The van der Waals surface area contributed by atoms with Crippen molar-refractivity contribution in [2.45, 2.75) is 26.6 Å². The summed E-state index contributed by atoms with van der Waals surface area (Å²) >= 11 is 0. The molecular weight excluding hydrogens is 412 g/mol. The highest BCUT2D eigenvalue weighted by Gasteiger charge is 2.36. The zero-order valence-electron chi connectivity index (χ0n) is 17.9. The number of ether oxygens (including phenoxy) is 3. The minimum absolute atomic E-state index is 0.183. The average molecular weight is 434 g/mol. The molecule has 0 unspecified atom stereocenters. The molecule has 3 aromatic rings. The van der Waals surface area contributed by atoms with Gasteiger partial charge in [0.2, 0.25) is 18.0 Å². The maximum absolute atomic E-state index is 12.4. The first-order chi connectivity index (χ1) is 15.5. The molecule has 0 radical (unpaired) electrons. The van der Waals surface area contributed by atoms with Crippen LogP contribution in [-0.2, 0) is 20.9 Å². The number of carbonyl (C=O) groups is 2. The molecule has 1 aromatic heterocycles. The van der Waals surface area contributed by atoms with E-state index in [-0.39, 0.29) is 17.6 Å². The monoisotopic (exact) mass is 434 g/mol. The summed E-state index contributed by atoms with van der Waals surface area (Å²) < 4.78 is 18.6. The van der Waals surface area contributed by atoms with Crippen LogP contribution < -0.4 is 9.47 Å². The van der Waals surface area contributed by atoms with Crippen molar-refractivity contribution in [1.29, 1.82) is 0 Å². The topological polar surface area (TPSA) is 95.2 Å². The van der Waals surface area contributed by atoms with Gasteiger partial charge in [-0.2, -0.15) is 10.1 Å². The highest BCUT2D eigenvalue weighted by atomic mass is 16.6. The van der Waals surface area contributed by atoms with Crippen LogP contribution in [0.5, 0.6) is 11.5 Å². The van der Waals surface area contributed by atoms with Gasteiger partial charge >= 0.3 is 5.97 Å². The van der Waals surface area contributed by atoms with Crippen molar-refractivity contribution >= 4 is 17.8 Å². The first kappa shape index (κ1) is 21.1. The Bertz CT molecular complexity index is 1170. The molecule has 2 aromatic carbocycles. The normalized spacial score (nSPS) is 15.2. The molecule has 0 spiro atoms. The van der Waals surface area contributed by atoms with Crippen LogP contribution in [0.15, 0.2) is 66.0 Å². The van der Waals surface area contributed by atoms with Gasteiger partial charge < -0.3 is 14.2 Å². The average Bonchev–Trinajstić information content (AvgIpc) is 3.44. The molecule has 0 N–H and O–H groups in total. The fourth-order valence-electron chi connectivity index (χ4n) is 3.41. The maximum Gasteiger partial charge on any atom is 0.308 e. The molecule has 0 aliphatic carbocycles. The van der Waals surface area contributed by atoms with Gasteiger partial charge in [0.1, 0.15) is 0 Å². The summed E-state index contributed by atoms with van der Waals surface area (Å²) in [7, 11) is 1.47. The Kier molecular flexibility index (Phi) is 5.89. The van der Waals surface area contributed by atoms with E-state index in [0.29, 0.717) is 23.4 Å². The predicted octanol–water partition coefficient (Wildman–Crippen LogP) is 3.10. The van der Waals surface area contributed by atoms with Crippen LogP contribution in [0.25, 0.3) is 0 Å². The zero-order valence-corrected chi connectivity index (χ0v) is 17.9. The van der Waals surface area contributed by atoms with Crippen molar-refractivity contribution in [3.05, 3.63) is 77.6 Å². The molecule has 4 rings (SSSR count). The highest BCUT2D eigenvalue weighted by molar-refractivity contribution is 5.96. The second-order valence-corrected chi connectivity index (χ2v) is 7.12. The van der Waals surface area contributed by atoms with Gasteiger partial charge in [-0.05, 0) is 35.9 Å². The Morgan fingerprint density at radius 3 is 2.62 bits per heavy atom. The number of hydrazone groups is 1. The summed E-state index contributed by atoms with van der Waals surface area (Å²) in [6.07, 6.45) is 2.68. The third-order valence-corrected chi connectivity index (χ3v) is 4.79. The molecule has 0 saturated carbocycles. The number of rotatable bonds is 6. The van der Waals surface area contributed by atoms with E-state index in [0.717, 1.165) is 5.56 Å². The van der Waals surface area contributed by atoms with E-state index >= 15 is 0 Å². The van der Waals surface area contributed by atoms with Gasteiger partial charge in [-0.25, -0.2) is 0 Å².